The zero-order chi connectivity index (χ0) is 32.6. The lowest BCUT2D eigenvalue weighted by Gasteiger charge is -2.23. The van der Waals surface area contributed by atoms with Crippen molar-refractivity contribution in [3.05, 3.63) is 104 Å². The molecule has 4 N–H and O–H groups in total. The molecule has 0 saturated heterocycles. The highest BCUT2D eigenvalue weighted by atomic mass is 16.5. The van der Waals surface area contributed by atoms with Crippen molar-refractivity contribution in [3.63, 3.8) is 0 Å². The van der Waals surface area contributed by atoms with Crippen molar-refractivity contribution in [2.45, 2.75) is 51.1 Å². The summed E-state index contributed by atoms with van der Waals surface area (Å²) >= 11 is 0. The number of carbonyl (C=O) groups excluding carboxylic acids is 4. The first-order valence-electron chi connectivity index (χ1n) is 15.2. The van der Waals surface area contributed by atoms with E-state index in [1.165, 1.54) is 6.08 Å². The number of amides is 3. The Hall–Kier alpha value is -4.76. The summed E-state index contributed by atoms with van der Waals surface area (Å²) in [4.78, 5) is 52.8. The Balaban J connectivity index is 1.79. The van der Waals surface area contributed by atoms with Gasteiger partial charge in [-0.3, -0.25) is 19.2 Å². The fraction of sp³-hybridized carbons (Fsp3) is 0.333. The van der Waals surface area contributed by atoms with Crippen LogP contribution in [0.25, 0.3) is 10.8 Å². The average Bonchev–Trinajstić information content (AvgIpc) is 3.04. The minimum atomic E-state index is -1.24. The number of rotatable bonds is 18. The van der Waals surface area contributed by atoms with E-state index in [1.807, 2.05) is 66.7 Å². The number of aliphatic hydroxyl groups is 1. The molecule has 3 amide bonds. The van der Waals surface area contributed by atoms with Crippen molar-refractivity contribution in [1.29, 1.82) is 0 Å². The van der Waals surface area contributed by atoms with Gasteiger partial charge in [-0.25, -0.2) is 0 Å². The van der Waals surface area contributed by atoms with Gasteiger partial charge in [-0.2, -0.15) is 0 Å². The first-order valence-corrected chi connectivity index (χ1v) is 15.2. The third-order valence-corrected chi connectivity index (χ3v) is 7.35. The Morgan fingerprint density at radius 3 is 2.27 bits per heavy atom. The van der Waals surface area contributed by atoms with Crippen molar-refractivity contribution in [2.75, 3.05) is 18.5 Å². The van der Waals surface area contributed by atoms with Crippen LogP contribution in [0.15, 0.2) is 98.1 Å². The summed E-state index contributed by atoms with van der Waals surface area (Å²) < 4.78 is 5.68. The second kappa shape index (κ2) is 18.1. The number of hydrogen-bond acceptors (Lipinski definition) is 6. The Morgan fingerprint density at radius 1 is 0.867 bits per heavy atom. The van der Waals surface area contributed by atoms with Gasteiger partial charge in [0.2, 0.25) is 11.8 Å². The van der Waals surface area contributed by atoms with Crippen molar-refractivity contribution in [2.24, 2.45) is 11.8 Å². The van der Waals surface area contributed by atoms with Crippen LogP contribution in [0.1, 0.15) is 38.2 Å². The van der Waals surface area contributed by atoms with Crippen molar-refractivity contribution >= 4 is 40.2 Å². The van der Waals surface area contributed by atoms with E-state index in [-0.39, 0.29) is 19.4 Å². The largest absolute Gasteiger partial charge is 0.463 e. The summed E-state index contributed by atoms with van der Waals surface area (Å²) in [5.41, 5.74) is 1.49. The van der Waals surface area contributed by atoms with Gasteiger partial charge >= 0.3 is 5.97 Å². The molecule has 0 aromatic heterocycles. The number of carbonyl (C=O) groups is 4. The molecule has 3 aromatic carbocycles. The van der Waals surface area contributed by atoms with Crippen LogP contribution in [0.2, 0.25) is 0 Å². The van der Waals surface area contributed by atoms with Gasteiger partial charge in [0.15, 0.2) is 0 Å². The number of benzene rings is 3. The Labute approximate surface area is 264 Å². The number of hydrogen-bond donors (Lipinski definition) is 4. The maximum Gasteiger partial charge on any atom is 0.309 e. The Bertz CT molecular complexity index is 1460. The average molecular weight is 614 g/mol. The number of aliphatic hydroxyl groups excluding tert-OH is 1. The molecular formula is C36H43N3O6. The molecule has 0 heterocycles. The lowest BCUT2D eigenvalue weighted by molar-refractivity contribution is -0.150. The summed E-state index contributed by atoms with van der Waals surface area (Å²) in [6.45, 7) is 8.44. The number of allylic oxidation sites excluding steroid dienone is 2. The lowest BCUT2D eigenvalue weighted by Crippen LogP contribution is -2.50. The van der Waals surface area contributed by atoms with E-state index in [0.29, 0.717) is 24.9 Å². The van der Waals surface area contributed by atoms with Crippen LogP contribution in [0, 0.1) is 11.8 Å². The van der Waals surface area contributed by atoms with Crippen molar-refractivity contribution < 1.29 is 29.0 Å². The van der Waals surface area contributed by atoms with Crippen molar-refractivity contribution in [1.82, 2.24) is 10.6 Å². The number of anilines is 1. The first-order chi connectivity index (χ1) is 21.7. The topological polar surface area (TPSA) is 134 Å². The molecule has 3 aromatic rings. The number of nitrogens with one attached hydrogen (secondary N) is 3. The van der Waals surface area contributed by atoms with Crippen LogP contribution in [-0.4, -0.2) is 54.1 Å². The minimum Gasteiger partial charge on any atom is -0.463 e. The smallest absolute Gasteiger partial charge is 0.309 e. The highest BCUT2D eigenvalue weighted by Crippen LogP contribution is 2.20. The molecule has 0 bridgehead atoms. The number of esters is 1. The lowest BCUT2D eigenvalue weighted by atomic mass is 9.95. The molecule has 0 radical (unpaired) electrons. The van der Waals surface area contributed by atoms with Crippen LogP contribution < -0.4 is 16.0 Å². The van der Waals surface area contributed by atoms with Gasteiger partial charge in [-0.1, -0.05) is 72.8 Å². The molecule has 0 aliphatic rings. The minimum absolute atomic E-state index is 0.173. The molecule has 0 aliphatic carbocycles. The van der Waals surface area contributed by atoms with Crippen LogP contribution in [-0.2, 0) is 30.3 Å². The van der Waals surface area contributed by atoms with Gasteiger partial charge in [0.05, 0.1) is 18.4 Å². The van der Waals surface area contributed by atoms with Gasteiger partial charge in [0.25, 0.3) is 5.91 Å². The summed E-state index contributed by atoms with van der Waals surface area (Å²) in [7, 11) is 0. The van der Waals surface area contributed by atoms with E-state index in [2.05, 4.69) is 29.1 Å². The third kappa shape index (κ3) is 11.4. The van der Waals surface area contributed by atoms with Crippen LogP contribution in [0.3, 0.4) is 0 Å². The quantitative estimate of drug-likeness (QED) is 0.121. The molecule has 0 spiro atoms. The highest BCUT2D eigenvalue weighted by Gasteiger charge is 2.29. The van der Waals surface area contributed by atoms with Crippen LogP contribution in [0.4, 0.5) is 5.69 Å². The van der Waals surface area contributed by atoms with Crippen LogP contribution in [0.5, 0.6) is 0 Å². The van der Waals surface area contributed by atoms with Crippen LogP contribution >= 0.6 is 0 Å². The third-order valence-electron chi connectivity index (χ3n) is 7.35. The maximum absolute atomic E-state index is 13.6. The summed E-state index contributed by atoms with van der Waals surface area (Å²) in [6, 6.07) is 21.0. The van der Waals surface area contributed by atoms with Gasteiger partial charge < -0.3 is 25.8 Å². The van der Waals surface area contributed by atoms with E-state index < -0.39 is 54.2 Å². The molecule has 3 rings (SSSR count). The SMILES string of the molecule is C=CCC[C@H](Cc1ccccc1)C(=O)OC[C@H](NC(=O)[C@H](CC=C)CC(=O)N[C@@H](C)CO)C(=O)Nc1ccc2ccccc2c1. The summed E-state index contributed by atoms with van der Waals surface area (Å²) in [6.07, 6.45) is 4.83. The molecule has 45 heavy (non-hydrogen) atoms. The van der Waals surface area contributed by atoms with E-state index >= 15 is 0 Å². The second-order valence-electron chi connectivity index (χ2n) is 11.1. The molecular weight excluding hydrogens is 570 g/mol. The summed E-state index contributed by atoms with van der Waals surface area (Å²) in [5, 5.41) is 19.3. The standard InChI is InChI=1S/C36H43N3O6/c1-4-6-15-30(20-26-13-8-7-9-14-26)36(44)45-24-32(35(43)38-31-19-18-27-16-10-11-17-28(27)21-31)39-34(42)29(12-5-2)22-33(41)37-25(3)23-40/h4-5,7-11,13-14,16-19,21,25,29-30,32,40H,1-2,6,12,15,20,22-24H2,3H3,(H,37,41)(H,38,43)(H,39,42)/t25-,29+,30+,32-/m0/s1. The second-order valence-corrected chi connectivity index (χ2v) is 11.1. The normalized spacial score (nSPS) is 13.5. The zero-order valence-electron chi connectivity index (χ0n) is 25.7. The van der Waals surface area contributed by atoms with Crippen molar-refractivity contribution in [3.8, 4) is 0 Å². The summed E-state index contributed by atoms with van der Waals surface area (Å²) in [5.74, 6) is -3.36. The van der Waals surface area contributed by atoms with E-state index in [9.17, 15) is 24.3 Å². The fourth-order valence-electron chi connectivity index (χ4n) is 4.86. The van der Waals surface area contributed by atoms with Gasteiger partial charge in [0, 0.05) is 18.2 Å². The molecule has 9 heteroatoms. The number of ether oxygens (including phenoxy) is 1. The highest BCUT2D eigenvalue weighted by molar-refractivity contribution is 5.99. The Kier molecular flexibility index (Phi) is 14.0. The van der Waals surface area contributed by atoms with E-state index in [4.69, 9.17) is 4.74 Å². The number of fused-ring (bicyclic) bond motifs is 1. The molecule has 238 valence electrons. The fourth-order valence-corrected chi connectivity index (χ4v) is 4.86. The predicted octanol–water partition coefficient (Wildman–Crippen LogP) is 4.71. The van der Waals surface area contributed by atoms with Gasteiger partial charge in [-0.15, -0.1) is 13.2 Å². The predicted molar refractivity (Wildman–Crippen MR) is 176 cm³/mol. The van der Waals surface area contributed by atoms with E-state index in [1.54, 1.807) is 19.1 Å². The molecule has 9 nitrogen and oxygen atoms in total. The Morgan fingerprint density at radius 2 is 1.58 bits per heavy atom. The van der Waals surface area contributed by atoms with Gasteiger partial charge in [0.1, 0.15) is 12.6 Å². The molecule has 0 aliphatic heterocycles. The molecule has 0 unspecified atom stereocenters. The van der Waals surface area contributed by atoms with Gasteiger partial charge in [-0.05, 0) is 61.1 Å². The molecule has 4 atom stereocenters. The molecule has 0 fully saturated rings. The molecule has 0 saturated carbocycles. The maximum atomic E-state index is 13.6. The zero-order valence-corrected chi connectivity index (χ0v) is 25.7. The first kappa shape index (κ1) is 34.7. The van der Waals surface area contributed by atoms with E-state index in [0.717, 1.165) is 16.3 Å². The monoisotopic (exact) mass is 613 g/mol.